The Kier molecular flexibility index (Phi) is 4.74. The average molecular weight is 279 g/mol. The van der Waals surface area contributed by atoms with Crippen LogP contribution in [0, 0.1) is 5.41 Å². The molecule has 1 aliphatic rings. The van der Waals surface area contributed by atoms with Crippen LogP contribution in [0.3, 0.4) is 0 Å². The summed E-state index contributed by atoms with van der Waals surface area (Å²) in [6, 6.07) is 0.970. The summed E-state index contributed by atoms with van der Waals surface area (Å²) in [5.41, 5.74) is 0.274. The predicted molar refractivity (Wildman–Crippen MR) is 82.1 cm³/mol. The first-order valence-electron chi connectivity index (χ1n) is 8.01. The molecule has 1 aromatic rings. The van der Waals surface area contributed by atoms with Crippen LogP contribution < -0.4 is 10.1 Å². The van der Waals surface area contributed by atoms with Gasteiger partial charge >= 0.3 is 0 Å². The third-order valence-electron chi connectivity index (χ3n) is 4.94. The van der Waals surface area contributed by atoms with Crippen LogP contribution in [0.15, 0.2) is 12.4 Å². The number of hydrogen-bond donors (Lipinski definition) is 1. The highest BCUT2D eigenvalue weighted by molar-refractivity contribution is 5.17. The summed E-state index contributed by atoms with van der Waals surface area (Å²) in [7, 11) is 0. The van der Waals surface area contributed by atoms with Gasteiger partial charge < -0.3 is 10.1 Å². The molecule has 0 aromatic carbocycles. The second-order valence-corrected chi connectivity index (χ2v) is 6.14. The fourth-order valence-electron chi connectivity index (χ4n) is 3.47. The lowest BCUT2D eigenvalue weighted by atomic mass is 9.58. The fourth-order valence-corrected chi connectivity index (χ4v) is 3.47. The summed E-state index contributed by atoms with van der Waals surface area (Å²) >= 11 is 0. The van der Waals surface area contributed by atoms with E-state index in [2.05, 4.69) is 45.0 Å². The van der Waals surface area contributed by atoms with Crippen molar-refractivity contribution in [1.29, 1.82) is 0 Å². The van der Waals surface area contributed by atoms with Crippen molar-refractivity contribution >= 4 is 0 Å². The Bertz CT molecular complexity index is 423. The number of nitrogens with one attached hydrogen (secondary N) is 1. The lowest BCUT2D eigenvalue weighted by Gasteiger charge is -2.55. The zero-order valence-corrected chi connectivity index (χ0v) is 13.5. The second-order valence-electron chi connectivity index (χ2n) is 6.14. The molecular weight excluding hydrogens is 250 g/mol. The van der Waals surface area contributed by atoms with Crippen molar-refractivity contribution in [3.63, 3.8) is 0 Å². The van der Waals surface area contributed by atoms with Crippen LogP contribution in [-0.4, -0.2) is 28.5 Å². The van der Waals surface area contributed by atoms with Crippen molar-refractivity contribution in [2.75, 3.05) is 6.54 Å². The molecule has 0 saturated heterocycles. The van der Waals surface area contributed by atoms with E-state index in [4.69, 9.17) is 4.74 Å². The summed E-state index contributed by atoms with van der Waals surface area (Å²) in [4.78, 5) is 0. The summed E-state index contributed by atoms with van der Waals surface area (Å²) in [6.07, 6.45) is 7.58. The SMILES string of the molecule is CCNC1CC(Oc2cnn(C(C)C)c2)C1(CC)CC. The normalized spacial score (nSPS) is 24.7. The maximum atomic E-state index is 6.23. The molecule has 1 aromatic heterocycles. The molecule has 2 rings (SSSR count). The van der Waals surface area contributed by atoms with Crippen molar-refractivity contribution in [1.82, 2.24) is 15.1 Å². The highest BCUT2D eigenvalue weighted by Crippen LogP contribution is 2.48. The minimum atomic E-state index is 0.274. The maximum absolute atomic E-state index is 6.23. The molecule has 4 heteroatoms. The zero-order valence-electron chi connectivity index (χ0n) is 13.5. The van der Waals surface area contributed by atoms with E-state index < -0.39 is 0 Å². The van der Waals surface area contributed by atoms with Gasteiger partial charge in [0.1, 0.15) is 6.10 Å². The molecule has 2 unspecified atom stereocenters. The van der Waals surface area contributed by atoms with Gasteiger partial charge in [0.15, 0.2) is 5.75 Å². The van der Waals surface area contributed by atoms with Crippen LogP contribution in [0.2, 0.25) is 0 Å². The van der Waals surface area contributed by atoms with Crippen molar-refractivity contribution in [3.8, 4) is 5.75 Å². The lowest BCUT2D eigenvalue weighted by Crippen LogP contribution is -2.64. The molecule has 0 spiro atoms. The van der Waals surface area contributed by atoms with Gasteiger partial charge in [-0.2, -0.15) is 5.10 Å². The third-order valence-corrected chi connectivity index (χ3v) is 4.94. The number of aromatic nitrogens is 2. The Morgan fingerprint density at radius 3 is 2.60 bits per heavy atom. The van der Waals surface area contributed by atoms with Gasteiger partial charge in [-0.25, -0.2) is 0 Å². The fraction of sp³-hybridized carbons (Fsp3) is 0.812. The Morgan fingerprint density at radius 1 is 1.40 bits per heavy atom. The first-order chi connectivity index (χ1) is 9.57. The van der Waals surface area contributed by atoms with E-state index in [0.29, 0.717) is 18.2 Å². The number of nitrogens with zero attached hydrogens (tertiary/aromatic N) is 2. The highest BCUT2D eigenvalue weighted by atomic mass is 16.5. The molecule has 4 nitrogen and oxygen atoms in total. The smallest absolute Gasteiger partial charge is 0.157 e. The Balaban J connectivity index is 2.05. The number of rotatable bonds is 7. The average Bonchev–Trinajstić information content (AvgIpc) is 2.88. The van der Waals surface area contributed by atoms with Gasteiger partial charge in [0.05, 0.1) is 12.4 Å². The minimum Gasteiger partial charge on any atom is -0.486 e. The molecule has 20 heavy (non-hydrogen) atoms. The van der Waals surface area contributed by atoms with Gasteiger partial charge in [0.25, 0.3) is 0 Å². The molecule has 1 heterocycles. The van der Waals surface area contributed by atoms with E-state index in [1.54, 1.807) is 0 Å². The van der Waals surface area contributed by atoms with Crippen LogP contribution in [0.1, 0.15) is 59.9 Å². The molecule has 114 valence electrons. The molecule has 1 N–H and O–H groups in total. The van der Waals surface area contributed by atoms with E-state index in [9.17, 15) is 0 Å². The Labute approximate surface area is 122 Å². The summed E-state index contributed by atoms with van der Waals surface area (Å²) < 4.78 is 8.19. The molecule has 1 saturated carbocycles. The topological polar surface area (TPSA) is 39.1 Å². The van der Waals surface area contributed by atoms with Crippen LogP contribution in [0.25, 0.3) is 0 Å². The second kappa shape index (κ2) is 6.17. The van der Waals surface area contributed by atoms with E-state index in [0.717, 1.165) is 31.6 Å². The summed E-state index contributed by atoms with van der Waals surface area (Å²) in [6.45, 7) is 12.0. The van der Waals surface area contributed by atoms with E-state index >= 15 is 0 Å². The van der Waals surface area contributed by atoms with Gasteiger partial charge in [-0.1, -0.05) is 20.8 Å². The first-order valence-corrected chi connectivity index (χ1v) is 8.01. The predicted octanol–water partition coefficient (Wildman–Crippen LogP) is 3.40. The molecule has 1 aliphatic carbocycles. The maximum Gasteiger partial charge on any atom is 0.157 e. The van der Waals surface area contributed by atoms with Gasteiger partial charge in [0, 0.05) is 23.9 Å². The standard InChI is InChI=1S/C16H29N3O/c1-6-16(7-2)14(17-8-3)9-15(16)20-13-10-18-19(11-13)12(4)5/h10-12,14-15,17H,6-9H2,1-5H3. The monoisotopic (exact) mass is 279 g/mol. The lowest BCUT2D eigenvalue weighted by molar-refractivity contribution is -0.0854. The number of hydrogen-bond acceptors (Lipinski definition) is 3. The molecule has 2 atom stereocenters. The van der Waals surface area contributed by atoms with E-state index in [1.165, 1.54) is 0 Å². The van der Waals surface area contributed by atoms with Crippen LogP contribution in [-0.2, 0) is 0 Å². The van der Waals surface area contributed by atoms with Gasteiger partial charge in [-0.3, -0.25) is 4.68 Å². The minimum absolute atomic E-state index is 0.274. The summed E-state index contributed by atoms with van der Waals surface area (Å²) in [5.74, 6) is 0.907. The highest BCUT2D eigenvalue weighted by Gasteiger charge is 2.53. The zero-order chi connectivity index (χ0) is 14.8. The van der Waals surface area contributed by atoms with Gasteiger partial charge in [-0.05, 0) is 33.2 Å². The molecular formula is C16H29N3O. The molecule has 1 fully saturated rings. The van der Waals surface area contributed by atoms with E-state index in [-0.39, 0.29) is 5.41 Å². The van der Waals surface area contributed by atoms with Crippen molar-refractivity contribution in [2.24, 2.45) is 5.41 Å². The Hall–Kier alpha value is -1.03. The largest absolute Gasteiger partial charge is 0.486 e. The molecule has 0 radical (unpaired) electrons. The van der Waals surface area contributed by atoms with Gasteiger partial charge in [0.2, 0.25) is 0 Å². The van der Waals surface area contributed by atoms with Crippen LogP contribution >= 0.6 is 0 Å². The van der Waals surface area contributed by atoms with Crippen LogP contribution in [0.4, 0.5) is 0 Å². The van der Waals surface area contributed by atoms with Crippen molar-refractivity contribution in [2.45, 2.75) is 72.1 Å². The molecule has 0 aliphatic heterocycles. The number of ether oxygens (including phenoxy) is 1. The van der Waals surface area contributed by atoms with Crippen molar-refractivity contribution in [3.05, 3.63) is 12.4 Å². The van der Waals surface area contributed by atoms with Crippen LogP contribution in [0.5, 0.6) is 5.75 Å². The summed E-state index contributed by atoms with van der Waals surface area (Å²) in [5, 5.41) is 7.97. The van der Waals surface area contributed by atoms with Crippen molar-refractivity contribution < 1.29 is 4.74 Å². The van der Waals surface area contributed by atoms with E-state index in [1.807, 2.05) is 17.1 Å². The molecule has 0 amide bonds. The van der Waals surface area contributed by atoms with Gasteiger partial charge in [-0.15, -0.1) is 0 Å². The first kappa shape index (κ1) is 15.4. The molecule has 0 bridgehead atoms. The Morgan fingerprint density at radius 2 is 2.10 bits per heavy atom. The quantitative estimate of drug-likeness (QED) is 0.831. The third kappa shape index (κ3) is 2.58.